The van der Waals surface area contributed by atoms with E-state index in [1.54, 1.807) is 12.1 Å². The highest BCUT2D eigenvalue weighted by atomic mass is 35.5. The number of carbonyl (C=O) groups is 1. The van der Waals surface area contributed by atoms with Gasteiger partial charge in [-0.25, -0.2) is 0 Å². The lowest BCUT2D eigenvalue weighted by molar-refractivity contribution is -0.139. The second kappa shape index (κ2) is 8.39. The number of halogens is 2. The molecule has 0 unspecified atom stereocenters. The lowest BCUT2D eigenvalue weighted by atomic mass is 10.1. The third-order valence-electron chi connectivity index (χ3n) is 3.53. The number of furan rings is 1. The molecule has 0 aliphatic rings. The summed E-state index contributed by atoms with van der Waals surface area (Å²) >= 11 is 11.9. The average molecular weight is 356 g/mol. The molecule has 1 atom stereocenters. The molecular weight excluding hydrogens is 337 g/mol. The van der Waals surface area contributed by atoms with Gasteiger partial charge >= 0.3 is 5.97 Å². The van der Waals surface area contributed by atoms with Crippen molar-refractivity contribution >= 4 is 29.2 Å². The molecule has 0 aliphatic heterocycles. The fourth-order valence-electron chi connectivity index (χ4n) is 2.22. The number of carboxylic acid groups (broad SMARTS) is 1. The fourth-order valence-corrected chi connectivity index (χ4v) is 2.52. The van der Waals surface area contributed by atoms with Crippen LogP contribution in [-0.2, 0) is 11.3 Å². The molecule has 6 heteroatoms. The standard InChI is InChI=1S/C17H19Cl2NO3/c1-2-3-4-15(17(21)22)20-10-12-6-8-16(23-12)11-5-7-13(18)14(19)9-11/h5-9,15,20H,2-4,10H2,1H3,(H,21,22)/t15-/m0/s1. The molecule has 1 heterocycles. The first kappa shape index (κ1) is 17.9. The molecule has 0 fully saturated rings. The van der Waals surface area contributed by atoms with Gasteiger partial charge in [-0.15, -0.1) is 0 Å². The van der Waals surface area contributed by atoms with E-state index in [1.165, 1.54) is 0 Å². The van der Waals surface area contributed by atoms with Gasteiger partial charge < -0.3 is 9.52 Å². The monoisotopic (exact) mass is 355 g/mol. The Hall–Kier alpha value is -1.49. The molecule has 2 rings (SSSR count). The molecular formula is C17H19Cl2NO3. The number of carboxylic acids is 1. The molecule has 23 heavy (non-hydrogen) atoms. The van der Waals surface area contributed by atoms with Crippen LogP contribution in [0.4, 0.5) is 0 Å². The number of rotatable bonds is 8. The predicted octanol–water partition coefficient (Wildman–Crippen LogP) is 4.99. The molecule has 1 aromatic carbocycles. The molecule has 0 bridgehead atoms. The molecule has 1 aromatic heterocycles. The zero-order valence-electron chi connectivity index (χ0n) is 12.8. The van der Waals surface area contributed by atoms with Gasteiger partial charge in [0.2, 0.25) is 0 Å². The number of hydrogen-bond acceptors (Lipinski definition) is 3. The molecule has 2 aromatic rings. The van der Waals surface area contributed by atoms with E-state index in [1.807, 2.05) is 25.1 Å². The van der Waals surface area contributed by atoms with E-state index in [4.69, 9.17) is 27.6 Å². The smallest absolute Gasteiger partial charge is 0.320 e. The summed E-state index contributed by atoms with van der Waals surface area (Å²) in [5, 5.41) is 13.2. The Labute approximate surface area is 145 Å². The van der Waals surface area contributed by atoms with Gasteiger partial charge in [0.1, 0.15) is 17.6 Å². The van der Waals surface area contributed by atoms with E-state index in [-0.39, 0.29) is 0 Å². The summed E-state index contributed by atoms with van der Waals surface area (Å²) in [6.45, 7) is 2.40. The number of benzene rings is 1. The lowest BCUT2D eigenvalue weighted by Crippen LogP contribution is -2.36. The minimum atomic E-state index is -0.838. The minimum absolute atomic E-state index is 0.363. The molecule has 2 N–H and O–H groups in total. The van der Waals surface area contributed by atoms with Gasteiger partial charge in [0.25, 0.3) is 0 Å². The Morgan fingerprint density at radius 3 is 2.70 bits per heavy atom. The van der Waals surface area contributed by atoms with Crippen LogP contribution in [0.15, 0.2) is 34.7 Å². The Morgan fingerprint density at radius 1 is 1.26 bits per heavy atom. The summed E-state index contributed by atoms with van der Waals surface area (Å²) < 4.78 is 5.74. The van der Waals surface area contributed by atoms with Crippen molar-refractivity contribution in [3.63, 3.8) is 0 Å². The quantitative estimate of drug-likeness (QED) is 0.700. The SMILES string of the molecule is CCCC[C@H](NCc1ccc(-c2ccc(Cl)c(Cl)c2)o1)C(=O)O. The van der Waals surface area contributed by atoms with Gasteiger partial charge in [-0.05, 0) is 36.8 Å². The summed E-state index contributed by atoms with van der Waals surface area (Å²) in [5.74, 6) is 0.504. The van der Waals surface area contributed by atoms with Crippen LogP contribution < -0.4 is 5.32 Å². The minimum Gasteiger partial charge on any atom is -0.480 e. The van der Waals surface area contributed by atoms with Crippen LogP contribution >= 0.6 is 23.2 Å². The van der Waals surface area contributed by atoms with Gasteiger partial charge in [0.05, 0.1) is 16.6 Å². The maximum atomic E-state index is 11.2. The van der Waals surface area contributed by atoms with Crippen molar-refractivity contribution < 1.29 is 14.3 Å². The van der Waals surface area contributed by atoms with Crippen molar-refractivity contribution in [2.24, 2.45) is 0 Å². The number of unbranched alkanes of at least 4 members (excludes halogenated alkanes) is 1. The highest BCUT2D eigenvalue weighted by Gasteiger charge is 2.16. The Kier molecular flexibility index (Phi) is 6.51. The van der Waals surface area contributed by atoms with E-state index >= 15 is 0 Å². The number of hydrogen-bond donors (Lipinski definition) is 2. The van der Waals surface area contributed by atoms with Crippen LogP contribution in [0.5, 0.6) is 0 Å². The third-order valence-corrected chi connectivity index (χ3v) is 4.27. The van der Waals surface area contributed by atoms with Crippen molar-refractivity contribution in [1.82, 2.24) is 5.32 Å². The van der Waals surface area contributed by atoms with Crippen LogP contribution in [0.25, 0.3) is 11.3 Å². The lowest BCUT2D eigenvalue weighted by Gasteiger charge is -2.12. The van der Waals surface area contributed by atoms with Gasteiger partial charge in [-0.3, -0.25) is 10.1 Å². The third kappa shape index (κ3) is 4.99. The second-order valence-electron chi connectivity index (χ2n) is 5.31. The molecule has 124 valence electrons. The molecule has 4 nitrogen and oxygen atoms in total. The van der Waals surface area contributed by atoms with Crippen molar-refractivity contribution in [2.75, 3.05) is 0 Å². The summed E-state index contributed by atoms with van der Waals surface area (Å²) in [5.41, 5.74) is 0.825. The maximum absolute atomic E-state index is 11.2. The molecule has 0 amide bonds. The van der Waals surface area contributed by atoms with Crippen molar-refractivity contribution in [1.29, 1.82) is 0 Å². The van der Waals surface area contributed by atoms with Crippen molar-refractivity contribution in [3.8, 4) is 11.3 Å². The molecule has 0 saturated carbocycles. The highest BCUT2D eigenvalue weighted by Crippen LogP contribution is 2.29. The number of nitrogens with one attached hydrogen (secondary N) is 1. The van der Waals surface area contributed by atoms with Crippen LogP contribution in [0.1, 0.15) is 31.9 Å². The van der Waals surface area contributed by atoms with Crippen LogP contribution in [0.3, 0.4) is 0 Å². The largest absolute Gasteiger partial charge is 0.480 e. The summed E-state index contributed by atoms with van der Waals surface area (Å²) in [6.07, 6.45) is 2.44. The van der Waals surface area contributed by atoms with E-state index < -0.39 is 12.0 Å². The first-order valence-electron chi connectivity index (χ1n) is 7.51. The second-order valence-corrected chi connectivity index (χ2v) is 6.12. The molecule has 0 saturated heterocycles. The fraction of sp³-hybridized carbons (Fsp3) is 0.353. The van der Waals surface area contributed by atoms with Crippen molar-refractivity contribution in [3.05, 3.63) is 46.1 Å². The predicted molar refractivity (Wildman–Crippen MR) is 92.0 cm³/mol. The molecule has 0 radical (unpaired) electrons. The van der Waals surface area contributed by atoms with Crippen molar-refractivity contribution in [2.45, 2.75) is 38.8 Å². The van der Waals surface area contributed by atoms with E-state index in [0.29, 0.717) is 34.5 Å². The maximum Gasteiger partial charge on any atom is 0.320 e. The van der Waals surface area contributed by atoms with Crippen LogP contribution in [-0.4, -0.2) is 17.1 Å². The number of aliphatic carboxylic acids is 1. The van der Waals surface area contributed by atoms with E-state index in [2.05, 4.69) is 5.32 Å². The van der Waals surface area contributed by atoms with Crippen LogP contribution in [0.2, 0.25) is 10.0 Å². The first-order chi connectivity index (χ1) is 11.0. The Bertz CT molecular complexity index is 670. The van der Waals surface area contributed by atoms with Gasteiger partial charge in [-0.2, -0.15) is 0 Å². The van der Waals surface area contributed by atoms with E-state index in [0.717, 1.165) is 18.4 Å². The highest BCUT2D eigenvalue weighted by molar-refractivity contribution is 6.42. The average Bonchev–Trinajstić information content (AvgIpc) is 2.98. The topological polar surface area (TPSA) is 62.5 Å². The Morgan fingerprint density at radius 2 is 2.04 bits per heavy atom. The zero-order valence-corrected chi connectivity index (χ0v) is 14.3. The normalized spacial score (nSPS) is 12.3. The summed E-state index contributed by atoms with van der Waals surface area (Å²) in [6, 6.07) is 8.37. The summed E-state index contributed by atoms with van der Waals surface area (Å²) in [4.78, 5) is 11.2. The summed E-state index contributed by atoms with van der Waals surface area (Å²) in [7, 11) is 0. The zero-order chi connectivity index (χ0) is 16.8. The van der Waals surface area contributed by atoms with Gasteiger partial charge in [-0.1, -0.05) is 43.0 Å². The molecule has 0 aliphatic carbocycles. The van der Waals surface area contributed by atoms with E-state index in [9.17, 15) is 9.90 Å². The Balaban J connectivity index is 2.01. The first-order valence-corrected chi connectivity index (χ1v) is 8.27. The van der Waals surface area contributed by atoms with Gasteiger partial charge in [0, 0.05) is 5.56 Å². The van der Waals surface area contributed by atoms with Crippen LogP contribution in [0, 0.1) is 0 Å². The molecule has 0 spiro atoms. The van der Waals surface area contributed by atoms with Gasteiger partial charge in [0.15, 0.2) is 0 Å².